The average molecular weight is 394 g/mol. The van der Waals surface area contributed by atoms with Crippen LogP contribution in [0.3, 0.4) is 0 Å². The summed E-state index contributed by atoms with van der Waals surface area (Å²) < 4.78 is 0. The number of carbonyl (C=O) groups is 2. The molecule has 0 bridgehead atoms. The standard InChI is InChI=1S/C24H31N3O2/c1-6-27(7-2)19-11-12-20(17(4)15-19)25-22(28)24(13-14-24)23(29)26-21-10-8-9-16(3)18(21)5/h8-12,15H,6-7,13-14H2,1-5H3,(H,25,28)(H,26,29). The van der Waals surface area contributed by atoms with Gasteiger partial charge in [0.25, 0.3) is 0 Å². The normalized spacial score (nSPS) is 14.2. The van der Waals surface area contributed by atoms with Crippen molar-refractivity contribution in [3.8, 4) is 0 Å². The number of hydrogen-bond acceptors (Lipinski definition) is 3. The molecule has 0 unspecified atom stereocenters. The first-order chi connectivity index (χ1) is 13.8. The summed E-state index contributed by atoms with van der Waals surface area (Å²) >= 11 is 0. The van der Waals surface area contributed by atoms with Gasteiger partial charge in [-0.15, -0.1) is 0 Å². The molecule has 1 saturated carbocycles. The summed E-state index contributed by atoms with van der Waals surface area (Å²) in [5.74, 6) is -0.444. The first-order valence-electron chi connectivity index (χ1n) is 10.4. The molecule has 0 saturated heterocycles. The second kappa shape index (κ2) is 8.27. The van der Waals surface area contributed by atoms with Crippen molar-refractivity contribution < 1.29 is 9.59 Å². The molecule has 0 radical (unpaired) electrons. The Kier molecular flexibility index (Phi) is 5.96. The summed E-state index contributed by atoms with van der Waals surface area (Å²) in [4.78, 5) is 28.2. The number of rotatable bonds is 7. The van der Waals surface area contributed by atoms with Gasteiger partial charge in [-0.05, 0) is 88.4 Å². The molecule has 5 nitrogen and oxygen atoms in total. The Hall–Kier alpha value is -2.82. The van der Waals surface area contributed by atoms with E-state index < -0.39 is 5.41 Å². The minimum Gasteiger partial charge on any atom is -0.372 e. The third kappa shape index (κ3) is 4.14. The Morgan fingerprint density at radius 1 is 0.897 bits per heavy atom. The van der Waals surface area contributed by atoms with E-state index in [1.807, 2.05) is 51.1 Å². The maximum Gasteiger partial charge on any atom is 0.240 e. The molecule has 2 aromatic carbocycles. The van der Waals surface area contributed by atoms with Crippen LogP contribution in [0.5, 0.6) is 0 Å². The van der Waals surface area contributed by atoms with Gasteiger partial charge in [0.15, 0.2) is 0 Å². The van der Waals surface area contributed by atoms with E-state index in [-0.39, 0.29) is 11.8 Å². The fourth-order valence-electron chi connectivity index (χ4n) is 3.63. The van der Waals surface area contributed by atoms with Crippen LogP contribution in [0.4, 0.5) is 17.1 Å². The van der Waals surface area contributed by atoms with Crippen molar-refractivity contribution >= 4 is 28.9 Å². The molecular weight excluding hydrogens is 362 g/mol. The number of amides is 2. The maximum absolute atomic E-state index is 13.0. The van der Waals surface area contributed by atoms with Gasteiger partial charge in [-0.2, -0.15) is 0 Å². The van der Waals surface area contributed by atoms with Crippen molar-refractivity contribution in [2.75, 3.05) is 28.6 Å². The second-order valence-corrected chi connectivity index (χ2v) is 7.91. The molecule has 3 rings (SSSR count). The van der Waals surface area contributed by atoms with Crippen LogP contribution in [0, 0.1) is 26.2 Å². The first-order valence-corrected chi connectivity index (χ1v) is 10.4. The van der Waals surface area contributed by atoms with Crippen molar-refractivity contribution in [1.82, 2.24) is 0 Å². The summed E-state index contributed by atoms with van der Waals surface area (Å²) in [6.07, 6.45) is 1.15. The molecule has 2 amide bonds. The number of benzene rings is 2. The molecule has 5 heteroatoms. The van der Waals surface area contributed by atoms with E-state index in [9.17, 15) is 9.59 Å². The Morgan fingerprint density at radius 2 is 1.52 bits per heavy atom. The van der Waals surface area contributed by atoms with Crippen LogP contribution < -0.4 is 15.5 Å². The third-order valence-electron chi connectivity index (χ3n) is 6.06. The fourth-order valence-corrected chi connectivity index (χ4v) is 3.63. The molecule has 154 valence electrons. The minimum atomic E-state index is -0.972. The van der Waals surface area contributed by atoms with Crippen LogP contribution in [-0.2, 0) is 9.59 Å². The Morgan fingerprint density at radius 3 is 2.07 bits per heavy atom. The number of hydrogen-bond donors (Lipinski definition) is 2. The molecule has 0 heterocycles. The zero-order chi connectivity index (χ0) is 21.2. The highest BCUT2D eigenvalue weighted by Crippen LogP contribution is 2.48. The van der Waals surface area contributed by atoms with Crippen LogP contribution in [-0.4, -0.2) is 24.9 Å². The summed E-state index contributed by atoms with van der Waals surface area (Å²) in [5, 5.41) is 5.96. The van der Waals surface area contributed by atoms with Crippen molar-refractivity contribution in [3.63, 3.8) is 0 Å². The number of nitrogens with zero attached hydrogens (tertiary/aromatic N) is 1. The monoisotopic (exact) mass is 393 g/mol. The molecule has 29 heavy (non-hydrogen) atoms. The van der Waals surface area contributed by atoms with Crippen LogP contribution in [0.15, 0.2) is 36.4 Å². The number of nitrogens with one attached hydrogen (secondary N) is 2. The highest BCUT2D eigenvalue weighted by Gasteiger charge is 2.56. The lowest BCUT2D eigenvalue weighted by Crippen LogP contribution is -2.36. The number of carbonyl (C=O) groups excluding carboxylic acids is 2. The van der Waals surface area contributed by atoms with Crippen molar-refractivity contribution in [1.29, 1.82) is 0 Å². The van der Waals surface area contributed by atoms with Gasteiger partial charge in [-0.3, -0.25) is 9.59 Å². The van der Waals surface area contributed by atoms with Crippen LogP contribution in [0.1, 0.15) is 43.4 Å². The molecule has 0 aromatic heterocycles. The zero-order valence-electron chi connectivity index (χ0n) is 18.1. The van der Waals surface area contributed by atoms with Gasteiger partial charge in [-0.25, -0.2) is 0 Å². The van der Waals surface area contributed by atoms with E-state index in [1.54, 1.807) is 0 Å². The molecule has 2 aromatic rings. The molecule has 0 spiro atoms. The van der Waals surface area contributed by atoms with Crippen molar-refractivity contribution in [2.24, 2.45) is 5.41 Å². The Balaban J connectivity index is 1.73. The summed E-state index contributed by atoms with van der Waals surface area (Å²) in [6.45, 7) is 12.1. The van der Waals surface area contributed by atoms with Crippen molar-refractivity contribution in [3.05, 3.63) is 53.1 Å². The number of aryl methyl sites for hydroxylation is 2. The largest absolute Gasteiger partial charge is 0.372 e. The molecule has 0 aliphatic heterocycles. The lowest BCUT2D eigenvalue weighted by Gasteiger charge is -2.23. The van der Waals surface area contributed by atoms with E-state index in [4.69, 9.17) is 0 Å². The number of anilines is 3. The fraction of sp³-hybridized carbons (Fsp3) is 0.417. The minimum absolute atomic E-state index is 0.221. The zero-order valence-corrected chi connectivity index (χ0v) is 18.1. The second-order valence-electron chi connectivity index (χ2n) is 7.91. The molecule has 1 fully saturated rings. The topological polar surface area (TPSA) is 61.4 Å². The molecular formula is C24H31N3O2. The van der Waals surface area contributed by atoms with E-state index >= 15 is 0 Å². The molecule has 1 aliphatic rings. The molecule has 0 atom stereocenters. The van der Waals surface area contributed by atoms with E-state index in [0.29, 0.717) is 12.8 Å². The third-order valence-corrected chi connectivity index (χ3v) is 6.06. The predicted molar refractivity (Wildman–Crippen MR) is 120 cm³/mol. The van der Waals surface area contributed by atoms with Crippen LogP contribution >= 0.6 is 0 Å². The van der Waals surface area contributed by atoms with Gasteiger partial charge in [0.05, 0.1) is 0 Å². The summed E-state index contributed by atoms with van der Waals surface area (Å²) in [6, 6.07) is 11.8. The van der Waals surface area contributed by atoms with Crippen LogP contribution in [0.25, 0.3) is 0 Å². The summed E-state index contributed by atoms with van der Waals surface area (Å²) in [5.41, 5.74) is 4.83. The molecule has 1 aliphatic carbocycles. The lowest BCUT2D eigenvalue weighted by atomic mass is 10.0. The van der Waals surface area contributed by atoms with Crippen LogP contribution in [0.2, 0.25) is 0 Å². The van der Waals surface area contributed by atoms with Gasteiger partial charge in [0.2, 0.25) is 11.8 Å². The SMILES string of the molecule is CCN(CC)c1ccc(NC(=O)C2(C(=O)Nc3cccc(C)c3C)CC2)c(C)c1. The van der Waals surface area contributed by atoms with Crippen molar-refractivity contribution in [2.45, 2.75) is 47.5 Å². The van der Waals surface area contributed by atoms with Gasteiger partial charge < -0.3 is 15.5 Å². The van der Waals surface area contributed by atoms with Gasteiger partial charge >= 0.3 is 0 Å². The summed E-state index contributed by atoms with van der Waals surface area (Å²) in [7, 11) is 0. The lowest BCUT2D eigenvalue weighted by molar-refractivity contribution is -0.131. The first kappa shape index (κ1) is 20.9. The van der Waals surface area contributed by atoms with Gasteiger partial charge in [0, 0.05) is 30.2 Å². The van der Waals surface area contributed by atoms with Gasteiger partial charge in [0.1, 0.15) is 5.41 Å². The highest BCUT2D eigenvalue weighted by atomic mass is 16.2. The average Bonchev–Trinajstić information content (AvgIpc) is 3.50. The van der Waals surface area contributed by atoms with E-state index in [2.05, 4.69) is 35.4 Å². The highest BCUT2D eigenvalue weighted by molar-refractivity contribution is 6.17. The maximum atomic E-state index is 13.0. The Bertz CT molecular complexity index is 928. The van der Waals surface area contributed by atoms with Gasteiger partial charge in [-0.1, -0.05) is 12.1 Å². The smallest absolute Gasteiger partial charge is 0.240 e. The van der Waals surface area contributed by atoms with E-state index in [0.717, 1.165) is 46.8 Å². The Labute approximate surface area is 173 Å². The van der Waals surface area contributed by atoms with E-state index in [1.165, 1.54) is 0 Å². The predicted octanol–water partition coefficient (Wildman–Crippen LogP) is 4.82. The molecule has 2 N–H and O–H groups in total. The quantitative estimate of drug-likeness (QED) is 0.663.